The smallest absolute Gasteiger partial charge is 0.264 e. The van der Waals surface area contributed by atoms with Crippen molar-refractivity contribution in [3.63, 3.8) is 0 Å². The number of hydrogen-bond donors (Lipinski definition) is 0. The van der Waals surface area contributed by atoms with Crippen molar-refractivity contribution < 1.29 is 8.42 Å². The first kappa shape index (κ1) is 11.1. The highest BCUT2D eigenvalue weighted by Gasteiger charge is 2.18. The van der Waals surface area contributed by atoms with E-state index in [1.807, 2.05) is 0 Å². The fourth-order valence-corrected chi connectivity index (χ4v) is 2.45. The molecule has 16 heavy (non-hydrogen) atoms. The summed E-state index contributed by atoms with van der Waals surface area (Å²) in [5, 5.41) is 3.98. The second kappa shape index (κ2) is 3.88. The first-order valence-electron chi connectivity index (χ1n) is 4.40. The zero-order chi connectivity index (χ0) is 11.8. The van der Waals surface area contributed by atoms with Crippen LogP contribution in [0.4, 0.5) is 0 Å². The lowest BCUT2D eigenvalue weighted by Crippen LogP contribution is -2.00. The normalized spacial score (nSPS) is 11.6. The Hall–Kier alpha value is -1.40. The van der Waals surface area contributed by atoms with Gasteiger partial charge in [0.25, 0.3) is 9.05 Å². The molecule has 0 bridgehead atoms. The molecule has 0 fully saturated rings. The summed E-state index contributed by atoms with van der Waals surface area (Å²) in [7, 11) is 1.52. The van der Waals surface area contributed by atoms with Gasteiger partial charge < -0.3 is 0 Å². The molecule has 0 aromatic carbocycles. The Balaban J connectivity index is 2.59. The Morgan fingerprint density at radius 3 is 2.44 bits per heavy atom. The van der Waals surface area contributed by atoms with E-state index < -0.39 is 9.05 Å². The van der Waals surface area contributed by atoms with E-state index in [1.54, 1.807) is 31.5 Å². The van der Waals surface area contributed by atoms with E-state index in [-0.39, 0.29) is 4.90 Å². The van der Waals surface area contributed by atoms with Crippen LogP contribution >= 0.6 is 10.7 Å². The first-order valence-corrected chi connectivity index (χ1v) is 6.71. The van der Waals surface area contributed by atoms with Crippen molar-refractivity contribution in [1.82, 2.24) is 14.8 Å². The molecule has 2 aromatic rings. The summed E-state index contributed by atoms with van der Waals surface area (Å²) in [6, 6.07) is 3.45. The van der Waals surface area contributed by atoms with E-state index in [2.05, 4.69) is 10.1 Å². The zero-order valence-corrected chi connectivity index (χ0v) is 9.90. The molecule has 0 saturated carbocycles. The molecule has 0 aliphatic heterocycles. The van der Waals surface area contributed by atoms with Crippen molar-refractivity contribution in [1.29, 1.82) is 0 Å². The number of aromatic nitrogens is 3. The molecule has 0 radical (unpaired) electrons. The van der Waals surface area contributed by atoms with E-state index in [0.717, 1.165) is 5.69 Å². The number of halogens is 1. The molecule has 0 spiro atoms. The van der Waals surface area contributed by atoms with Gasteiger partial charge in [0.15, 0.2) is 0 Å². The number of hydrogen-bond acceptors (Lipinski definition) is 4. The summed E-state index contributed by atoms with van der Waals surface area (Å²) in [4.78, 5) is 3.89. The predicted molar refractivity (Wildman–Crippen MR) is 59.1 cm³/mol. The molecule has 84 valence electrons. The Kier molecular flexibility index (Phi) is 2.69. The zero-order valence-electron chi connectivity index (χ0n) is 8.33. The fraction of sp³-hybridized carbons (Fsp3) is 0.111. The highest BCUT2D eigenvalue weighted by molar-refractivity contribution is 8.13. The van der Waals surface area contributed by atoms with Gasteiger partial charge in [0, 0.05) is 23.1 Å². The minimum absolute atomic E-state index is 0.0194. The molecule has 0 aliphatic rings. The van der Waals surface area contributed by atoms with E-state index in [9.17, 15) is 8.42 Å². The van der Waals surface area contributed by atoms with E-state index in [4.69, 9.17) is 10.7 Å². The van der Waals surface area contributed by atoms with Crippen molar-refractivity contribution >= 4 is 19.7 Å². The Morgan fingerprint density at radius 1 is 1.31 bits per heavy atom. The monoisotopic (exact) mass is 257 g/mol. The third-order valence-corrected chi connectivity index (χ3v) is 3.56. The van der Waals surface area contributed by atoms with Gasteiger partial charge >= 0.3 is 0 Å². The van der Waals surface area contributed by atoms with Crippen LogP contribution in [-0.4, -0.2) is 23.2 Å². The van der Waals surface area contributed by atoms with E-state index >= 15 is 0 Å². The molecule has 0 atom stereocenters. The molecule has 0 N–H and O–H groups in total. The van der Waals surface area contributed by atoms with Crippen LogP contribution in [0.1, 0.15) is 5.69 Å². The lowest BCUT2D eigenvalue weighted by Gasteiger charge is -2.03. The molecular weight excluding hydrogens is 250 g/mol. The van der Waals surface area contributed by atoms with Crippen molar-refractivity contribution in [3.8, 4) is 5.69 Å². The van der Waals surface area contributed by atoms with Crippen LogP contribution < -0.4 is 0 Å². The molecule has 0 saturated heterocycles. The molecule has 5 nitrogen and oxygen atoms in total. The van der Waals surface area contributed by atoms with Gasteiger partial charge in [-0.2, -0.15) is 5.10 Å². The van der Waals surface area contributed by atoms with Crippen molar-refractivity contribution in [2.24, 2.45) is 0 Å². The average Bonchev–Trinajstić information content (AvgIpc) is 2.61. The molecule has 0 aliphatic carbocycles. The van der Waals surface area contributed by atoms with Crippen LogP contribution in [0.2, 0.25) is 0 Å². The Labute approximate surface area is 97.1 Å². The number of pyridine rings is 1. The number of rotatable bonds is 2. The maximum Gasteiger partial charge on any atom is 0.264 e. The van der Waals surface area contributed by atoms with Crippen LogP contribution in [0.25, 0.3) is 5.69 Å². The summed E-state index contributed by atoms with van der Waals surface area (Å²) in [6.45, 7) is 1.64. The third kappa shape index (κ3) is 1.94. The summed E-state index contributed by atoms with van der Waals surface area (Å²) < 4.78 is 23.9. The topological polar surface area (TPSA) is 64.8 Å². The molecule has 0 amide bonds. The SMILES string of the molecule is Cc1c(S(=O)(=O)Cl)cnn1-c1ccncc1. The van der Waals surface area contributed by atoms with Gasteiger partial charge in [-0.1, -0.05) is 0 Å². The summed E-state index contributed by atoms with van der Waals surface area (Å²) in [5.74, 6) is 0. The molecular formula is C9H8ClN3O2S. The van der Waals surface area contributed by atoms with Gasteiger partial charge in [0.1, 0.15) is 4.90 Å². The van der Waals surface area contributed by atoms with Crippen molar-refractivity contribution in [3.05, 3.63) is 36.4 Å². The lowest BCUT2D eigenvalue weighted by molar-refractivity contribution is 0.609. The molecule has 7 heteroatoms. The highest BCUT2D eigenvalue weighted by Crippen LogP contribution is 2.21. The average molecular weight is 258 g/mol. The largest absolute Gasteiger partial charge is 0.265 e. The van der Waals surface area contributed by atoms with Gasteiger partial charge in [-0.15, -0.1) is 0 Å². The van der Waals surface area contributed by atoms with Gasteiger partial charge in [-0.3, -0.25) is 4.98 Å². The second-order valence-corrected chi connectivity index (χ2v) is 5.68. The highest BCUT2D eigenvalue weighted by atomic mass is 35.7. The fourth-order valence-electron chi connectivity index (χ4n) is 1.38. The van der Waals surface area contributed by atoms with Gasteiger partial charge in [-0.25, -0.2) is 13.1 Å². The van der Waals surface area contributed by atoms with E-state index in [1.165, 1.54) is 10.9 Å². The maximum atomic E-state index is 11.2. The van der Waals surface area contributed by atoms with Crippen LogP contribution in [0, 0.1) is 6.92 Å². The van der Waals surface area contributed by atoms with Crippen LogP contribution in [0.3, 0.4) is 0 Å². The molecule has 2 rings (SSSR count). The third-order valence-electron chi connectivity index (χ3n) is 2.13. The first-order chi connectivity index (χ1) is 7.50. The standard InChI is InChI=1S/C9H8ClN3O2S/c1-7-9(16(10,14)15)6-12-13(7)8-2-4-11-5-3-8/h2-6H,1H3. The molecule has 2 heterocycles. The second-order valence-electron chi connectivity index (χ2n) is 3.15. The summed E-state index contributed by atoms with van der Waals surface area (Å²) in [5.41, 5.74) is 1.21. The van der Waals surface area contributed by atoms with Crippen molar-refractivity contribution in [2.75, 3.05) is 0 Å². The Morgan fingerprint density at radius 2 is 1.94 bits per heavy atom. The van der Waals surface area contributed by atoms with Gasteiger partial charge in [0.2, 0.25) is 0 Å². The quantitative estimate of drug-likeness (QED) is 0.765. The minimum Gasteiger partial charge on any atom is -0.265 e. The van der Waals surface area contributed by atoms with Crippen LogP contribution in [-0.2, 0) is 9.05 Å². The minimum atomic E-state index is -3.75. The Bertz CT molecular complexity index is 607. The van der Waals surface area contributed by atoms with Crippen molar-refractivity contribution in [2.45, 2.75) is 11.8 Å². The summed E-state index contributed by atoms with van der Waals surface area (Å²) >= 11 is 0. The lowest BCUT2D eigenvalue weighted by atomic mass is 10.4. The number of nitrogens with zero attached hydrogens (tertiary/aromatic N) is 3. The van der Waals surface area contributed by atoms with E-state index in [0.29, 0.717) is 5.69 Å². The van der Waals surface area contributed by atoms with Crippen LogP contribution in [0.5, 0.6) is 0 Å². The maximum absolute atomic E-state index is 11.2. The predicted octanol–water partition coefficient (Wildman–Crippen LogP) is 1.50. The van der Waals surface area contributed by atoms with Crippen LogP contribution in [0.15, 0.2) is 35.6 Å². The van der Waals surface area contributed by atoms with Gasteiger partial charge in [-0.05, 0) is 19.1 Å². The molecule has 0 unspecified atom stereocenters. The molecule has 2 aromatic heterocycles. The summed E-state index contributed by atoms with van der Waals surface area (Å²) in [6.07, 6.45) is 4.44. The van der Waals surface area contributed by atoms with Gasteiger partial charge in [0.05, 0.1) is 17.6 Å².